The van der Waals surface area contributed by atoms with Crippen molar-refractivity contribution in [2.24, 2.45) is 5.41 Å². The summed E-state index contributed by atoms with van der Waals surface area (Å²) in [6.07, 6.45) is -0.656. The Morgan fingerprint density at radius 2 is 1.50 bits per heavy atom. The molecule has 0 fully saturated rings. The van der Waals surface area contributed by atoms with Crippen LogP contribution in [0.15, 0.2) is 48.5 Å². The molecule has 0 aromatic heterocycles. The second-order valence-corrected chi connectivity index (χ2v) is 9.22. The molecule has 1 aliphatic carbocycles. The number of nitrogens with one attached hydrogen (secondary N) is 2. The number of amides is 2. The maximum absolute atomic E-state index is 12.6. The van der Waals surface area contributed by atoms with Crippen LogP contribution in [-0.2, 0) is 14.3 Å². The molecule has 0 saturated carbocycles. The molecule has 3 rings (SSSR count). The molecule has 170 valence electrons. The maximum atomic E-state index is 12.6. The summed E-state index contributed by atoms with van der Waals surface area (Å²) in [5.74, 6) is -1.62. The van der Waals surface area contributed by atoms with E-state index in [4.69, 9.17) is 9.84 Å². The SMILES string of the molecule is C[C@H](NC(=O)CC(NC(=O)OCC1c2ccccc2-c2ccccc21)C(C)(C)C)C(=O)O. The minimum atomic E-state index is -1.12. The van der Waals surface area contributed by atoms with E-state index in [1.807, 2.05) is 57.2 Å². The van der Waals surface area contributed by atoms with E-state index in [2.05, 4.69) is 22.8 Å². The standard InChI is InChI=1S/C25H30N2O5/c1-15(23(29)30)26-22(28)13-21(25(2,3)4)27-24(31)32-14-20-18-11-7-5-9-16(18)17-10-6-8-12-19(17)20/h5-12,15,20-21H,13-14H2,1-4H3,(H,26,28)(H,27,31)(H,29,30)/t15-,21?/m0/s1. The number of carboxylic acid groups (broad SMARTS) is 1. The Hall–Kier alpha value is -3.35. The van der Waals surface area contributed by atoms with Gasteiger partial charge in [0.05, 0.1) is 0 Å². The molecule has 0 aliphatic heterocycles. The van der Waals surface area contributed by atoms with Gasteiger partial charge < -0.3 is 20.5 Å². The molecule has 0 spiro atoms. The monoisotopic (exact) mass is 438 g/mol. The average Bonchev–Trinajstić information content (AvgIpc) is 3.05. The average molecular weight is 439 g/mol. The smallest absolute Gasteiger partial charge is 0.407 e. The zero-order valence-corrected chi connectivity index (χ0v) is 18.8. The normalized spacial score (nSPS) is 14.6. The van der Waals surface area contributed by atoms with E-state index in [1.165, 1.54) is 6.92 Å². The van der Waals surface area contributed by atoms with E-state index in [0.29, 0.717) is 0 Å². The Labute approximate surface area is 188 Å². The van der Waals surface area contributed by atoms with Crippen LogP contribution in [0.2, 0.25) is 0 Å². The third-order valence-corrected chi connectivity index (χ3v) is 5.82. The van der Waals surface area contributed by atoms with Crippen LogP contribution in [0, 0.1) is 5.41 Å². The van der Waals surface area contributed by atoms with E-state index in [-0.39, 0.29) is 18.9 Å². The summed E-state index contributed by atoms with van der Waals surface area (Å²) in [4.78, 5) is 35.9. The van der Waals surface area contributed by atoms with Gasteiger partial charge in [-0.2, -0.15) is 0 Å². The van der Waals surface area contributed by atoms with E-state index in [9.17, 15) is 14.4 Å². The Balaban J connectivity index is 1.65. The highest BCUT2D eigenvalue weighted by Gasteiger charge is 2.32. The van der Waals surface area contributed by atoms with Crippen molar-refractivity contribution in [3.63, 3.8) is 0 Å². The first-order valence-corrected chi connectivity index (χ1v) is 10.7. The van der Waals surface area contributed by atoms with Gasteiger partial charge >= 0.3 is 12.1 Å². The van der Waals surface area contributed by atoms with Gasteiger partial charge in [-0.05, 0) is 34.6 Å². The summed E-state index contributed by atoms with van der Waals surface area (Å²) in [6, 6.07) is 14.7. The summed E-state index contributed by atoms with van der Waals surface area (Å²) in [5, 5.41) is 14.2. The van der Waals surface area contributed by atoms with Gasteiger partial charge in [0.1, 0.15) is 12.6 Å². The van der Waals surface area contributed by atoms with E-state index in [0.717, 1.165) is 22.3 Å². The number of carbonyl (C=O) groups excluding carboxylic acids is 2. The van der Waals surface area contributed by atoms with Crippen LogP contribution in [0.1, 0.15) is 51.2 Å². The fourth-order valence-corrected chi connectivity index (χ4v) is 3.90. The van der Waals surface area contributed by atoms with Crippen LogP contribution in [0.25, 0.3) is 11.1 Å². The molecule has 2 atom stereocenters. The lowest BCUT2D eigenvalue weighted by molar-refractivity contribution is -0.141. The number of carboxylic acids is 1. The third kappa shape index (κ3) is 5.28. The number of hydrogen-bond acceptors (Lipinski definition) is 4. The molecular formula is C25H30N2O5. The zero-order chi connectivity index (χ0) is 23.5. The lowest BCUT2D eigenvalue weighted by atomic mass is 9.84. The number of benzene rings is 2. The lowest BCUT2D eigenvalue weighted by Crippen LogP contribution is -2.48. The lowest BCUT2D eigenvalue weighted by Gasteiger charge is -2.31. The fourth-order valence-electron chi connectivity index (χ4n) is 3.90. The molecule has 7 nitrogen and oxygen atoms in total. The summed E-state index contributed by atoms with van der Waals surface area (Å²) >= 11 is 0. The fraction of sp³-hybridized carbons (Fsp3) is 0.400. The highest BCUT2D eigenvalue weighted by atomic mass is 16.5. The number of ether oxygens (including phenoxy) is 1. The largest absolute Gasteiger partial charge is 0.480 e. The first-order chi connectivity index (χ1) is 15.1. The quantitative estimate of drug-likeness (QED) is 0.608. The molecule has 1 aliphatic rings. The molecule has 0 bridgehead atoms. The summed E-state index contributed by atoms with van der Waals surface area (Å²) < 4.78 is 5.59. The molecule has 32 heavy (non-hydrogen) atoms. The van der Waals surface area contributed by atoms with E-state index < -0.39 is 35.5 Å². The van der Waals surface area contributed by atoms with Gasteiger partial charge in [0, 0.05) is 18.4 Å². The predicted molar refractivity (Wildman–Crippen MR) is 121 cm³/mol. The Bertz CT molecular complexity index is 966. The predicted octanol–water partition coefficient (Wildman–Crippen LogP) is 3.92. The van der Waals surface area contributed by atoms with Crippen LogP contribution in [0.5, 0.6) is 0 Å². The minimum absolute atomic E-state index is 0.0503. The van der Waals surface area contributed by atoms with Crippen molar-refractivity contribution < 1.29 is 24.2 Å². The second-order valence-electron chi connectivity index (χ2n) is 9.22. The molecule has 0 saturated heterocycles. The molecule has 2 amide bonds. The third-order valence-electron chi connectivity index (χ3n) is 5.82. The Morgan fingerprint density at radius 3 is 2.00 bits per heavy atom. The van der Waals surface area contributed by atoms with Crippen LogP contribution in [0.3, 0.4) is 0 Å². The van der Waals surface area contributed by atoms with Crippen molar-refractivity contribution in [1.82, 2.24) is 10.6 Å². The van der Waals surface area contributed by atoms with E-state index in [1.54, 1.807) is 0 Å². The van der Waals surface area contributed by atoms with E-state index >= 15 is 0 Å². The highest BCUT2D eigenvalue weighted by Crippen LogP contribution is 2.44. The minimum Gasteiger partial charge on any atom is -0.480 e. The highest BCUT2D eigenvalue weighted by molar-refractivity contribution is 5.84. The molecule has 1 unspecified atom stereocenters. The first kappa shape index (κ1) is 23.3. The van der Waals surface area contributed by atoms with Crippen LogP contribution >= 0.6 is 0 Å². The number of carbonyl (C=O) groups is 3. The number of fused-ring (bicyclic) bond motifs is 3. The summed E-state index contributed by atoms with van der Waals surface area (Å²) in [7, 11) is 0. The second kappa shape index (κ2) is 9.42. The molecule has 3 N–H and O–H groups in total. The van der Waals surface area contributed by atoms with Crippen molar-refractivity contribution >= 4 is 18.0 Å². The van der Waals surface area contributed by atoms with Crippen molar-refractivity contribution in [1.29, 1.82) is 0 Å². The summed E-state index contributed by atoms with van der Waals surface area (Å²) in [5.41, 5.74) is 4.10. The summed E-state index contributed by atoms with van der Waals surface area (Å²) in [6.45, 7) is 7.27. The van der Waals surface area contributed by atoms with Crippen molar-refractivity contribution in [3.8, 4) is 11.1 Å². The van der Waals surface area contributed by atoms with Gasteiger partial charge in [-0.25, -0.2) is 4.79 Å². The number of rotatable bonds is 7. The van der Waals surface area contributed by atoms with Gasteiger partial charge in [-0.1, -0.05) is 69.3 Å². The van der Waals surface area contributed by atoms with Gasteiger partial charge in [-0.15, -0.1) is 0 Å². The molecule has 0 radical (unpaired) electrons. The van der Waals surface area contributed by atoms with Crippen LogP contribution < -0.4 is 10.6 Å². The molecule has 0 heterocycles. The van der Waals surface area contributed by atoms with Crippen molar-refractivity contribution in [2.75, 3.05) is 6.61 Å². The Morgan fingerprint density at radius 1 is 0.969 bits per heavy atom. The Kier molecular flexibility index (Phi) is 6.87. The van der Waals surface area contributed by atoms with Gasteiger partial charge in [-0.3, -0.25) is 9.59 Å². The van der Waals surface area contributed by atoms with Crippen molar-refractivity contribution in [3.05, 3.63) is 59.7 Å². The van der Waals surface area contributed by atoms with Gasteiger partial charge in [0.15, 0.2) is 0 Å². The van der Waals surface area contributed by atoms with Crippen LogP contribution in [0.4, 0.5) is 4.79 Å². The first-order valence-electron chi connectivity index (χ1n) is 10.7. The molecule has 2 aromatic rings. The number of alkyl carbamates (subject to hydrolysis) is 1. The number of aliphatic carboxylic acids is 1. The zero-order valence-electron chi connectivity index (χ0n) is 18.8. The molecular weight excluding hydrogens is 408 g/mol. The topological polar surface area (TPSA) is 105 Å². The van der Waals surface area contributed by atoms with Gasteiger partial charge in [0.25, 0.3) is 0 Å². The van der Waals surface area contributed by atoms with Crippen LogP contribution in [-0.4, -0.2) is 41.8 Å². The number of hydrogen-bond donors (Lipinski definition) is 3. The molecule has 2 aromatic carbocycles. The molecule has 7 heteroatoms. The van der Waals surface area contributed by atoms with Gasteiger partial charge in [0.2, 0.25) is 5.91 Å². The van der Waals surface area contributed by atoms with Crippen molar-refractivity contribution in [2.45, 2.75) is 52.1 Å². The maximum Gasteiger partial charge on any atom is 0.407 e.